The first-order valence-electron chi connectivity index (χ1n) is 12.1. The number of ether oxygens (including phenoxy) is 1. The lowest BCUT2D eigenvalue weighted by molar-refractivity contribution is 0.0363. The molecule has 38 heavy (non-hydrogen) atoms. The fourth-order valence-corrected chi connectivity index (χ4v) is 6.67. The Morgan fingerprint density at radius 1 is 1.32 bits per heavy atom. The van der Waals surface area contributed by atoms with Crippen LogP contribution in [0.4, 0.5) is 5.82 Å². The van der Waals surface area contributed by atoms with Crippen LogP contribution in [0.1, 0.15) is 52.0 Å². The third-order valence-electron chi connectivity index (χ3n) is 7.00. The van der Waals surface area contributed by atoms with Gasteiger partial charge in [0.2, 0.25) is 5.78 Å². The fourth-order valence-electron chi connectivity index (χ4n) is 5.19. The number of nitrogens with zero attached hydrogens (tertiary/aromatic N) is 2. The number of nitrogens with two attached hydrogens (primary N) is 1. The lowest BCUT2D eigenvalue weighted by Gasteiger charge is -2.28. The molecule has 3 heterocycles. The van der Waals surface area contributed by atoms with Gasteiger partial charge >= 0.3 is 10.3 Å². The topological polar surface area (TPSA) is 154 Å². The number of halogens is 1. The van der Waals surface area contributed by atoms with Crippen molar-refractivity contribution in [1.29, 1.82) is 0 Å². The Kier molecular flexibility index (Phi) is 7.83. The molecular formula is C25H27ClN4O6S2. The molecule has 2 fully saturated rings. The smallest absolute Gasteiger partial charge is 0.333 e. The van der Waals surface area contributed by atoms with Crippen molar-refractivity contribution in [3.63, 3.8) is 0 Å². The standard InChI is InChI=1S/C25H27ClN4O6S2/c26-18-4-1-3-16(8-18)25(5-2-6-35-25)17-9-22(37-13-17)23(32)20-11-28-14-29-24(20)30-19-7-15(21(31)10-19)12-36-38(27,33)34/h1,3-4,8-9,11,13-15,19,21,31H,2,5-7,10,12H2,(H2,27,33,34)(H,28,29,30)/t15-,19-,21+,25-/m1/s1. The maximum absolute atomic E-state index is 13.6. The van der Waals surface area contributed by atoms with Crippen molar-refractivity contribution in [2.45, 2.75) is 43.4 Å². The van der Waals surface area contributed by atoms with E-state index in [-0.39, 0.29) is 18.4 Å². The van der Waals surface area contributed by atoms with E-state index >= 15 is 0 Å². The molecule has 10 nitrogen and oxygen atoms in total. The van der Waals surface area contributed by atoms with E-state index in [1.54, 1.807) is 0 Å². The van der Waals surface area contributed by atoms with E-state index in [1.165, 1.54) is 23.9 Å². The van der Waals surface area contributed by atoms with Crippen LogP contribution in [0, 0.1) is 5.92 Å². The first-order valence-corrected chi connectivity index (χ1v) is 14.8. The van der Waals surface area contributed by atoms with E-state index < -0.39 is 27.9 Å². The first kappa shape index (κ1) is 27.1. The highest BCUT2D eigenvalue weighted by molar-refractivity contribution is 7.84. The second-order valence-corrected chi connectivity index (χ2v) is 12.1. The van der Waals surface area contributed by atoms with E-state index in [0.717, 1.165) is 24.0 Å². The number of carbonyl (C=O) groups is 1. The fraction of sp³-hybridized carbons (Fsp3) is 0.400. The van der Waals surface area contributed by atoms with Gasteiger partial charge in [-0.3, -0.25) is 8.98 Å². The third kappa shape index (κ3) is 5.76. The molecule has 2 aromatic heterocycles. The van der Waals surface area contributed by atoms with Gasteiger partial charge in [-0.1, -0.05) is 23.7 Å². The number of anilines is 1. The zero-order chi connectivity index (χ0) is 26.9. The van der Waals surface area contributed by atoms with E-state index in [9.17, 15) is 18.3 Å². The molecule has 1 aromatic carbocycles. The number of thiophene rings is 1. The Morgan fingerprint density at radius 2 is 2.16 bits per heavy atom. The molecule has 1 saturated carbocycles. The number of rotatable bonds is 9. The van der Waals surface area contributed by atoms with Crippen LogP contribution in [0.5, 0.6) is 0 Å². The summed E-state index contributed by atoms with van der Waals surface area (Å²) in [6.45, 7) is 0.394. The Labute approximate surface area is 229 Å². The minimum atomic E-state index is -4.10. The highest BCUT2D eigenvalue weighted by Gasteiger charge is 2.40. The Morgan fingerprint density at radius 3 is 2.89 bits per heavy atom. The van der Waals surface area contributed by atoms with E-state index in [0.29, 0.717) is 40.7 Å². The molecule has 0 radical (unpaired) electrons. The maximum Gasteiger partial charge on any atom is 0.333 e. The predicted octanol–water partition coefficient (Wildman–Crippen LogP) is 3.25. The molecule has 2 aliphatic rings. The van der Waals surface area contributed by atoms with Gasteiger partial charge in [-0.25, -0.2) is 15.1 Å². The van der Waals surface area contributed by atoms with Crippen LogP contribution >= 0.6 is 22.9 Å². The molecule has 13 heteroatoms. The quantitative estimate of drug-likeness (QED) is 0.325. The number of aromatic nitrogens is 2. The van der Waals surface area contributed by atoms with Crippen LogP contribution in [0.15, 0.2) is 48.2 Å². The Balaban J connectivity index is 1.35. The van der Waals surface area contributed by atoms with Gasteiger partial charge in [0.15, 0.2) is 0 Å². The summed E-state index contributed by atoms with van der Waals surface area (Å²) in [5.41, 5.74) is 1.48. The first-order chi connectivity index (χ1) is 18.1. The van der Waals surface area contributed by atoms with Crippen molar-refractivity contribution in [1.82, 2.24) is 9.97 Å². The number of benzene rings is 1. The molecule has 0 unspecified atom stereocenters. The molecule has 0 bridgehead atoms. The summed E-state index contributed by atoms with van der Waals surface area (Å²) >= 11 is 7.60. The predicted molar refractivity (Wildman–Crippen MR) is 142 cm³/mol. The average molecular weight is 579 g/mol. The summed E-state index contributed by atoms with van der Waals surface area (Å²) in [6.07, 6.45) is 4.43. The van der Waals surface area contributed by atoms with Crippen molar-refractivity contribution in [2.75, 3.05) is 18.5 Å². The highest BCUT2D eigenvalue weighted by atomic mass is 35.5. The number of hydrogen-bond donors (Lipinski definition) is 3. The Hall–Kier alpha value is -2.45. The van der Waals surface area contributed by atoms with Crippen LogP contribution in [-0.4, -0.2) is 54.6 Å². The zero-order valence-corrected chi connectivity index (χ0v) is 22.6. The molecule has 202 valence electrons. The lowest BCUT2D eigenvalue weighted by Crippen LogP contribution is -2.25. The number of nitrogens with one attached hydrogen (secondary N) is 1. The van der Waals surface area contributed by atoms with Gasteiger partial charge in [0.05, 0.1) is 23.2 Å². The zero-order valence-electron chi connectivity index (χ0n) is 20.2. The summed E-state index contributed by atoms with van der Waals surface area (Å²) in [5.74, 6) is -0.330. The van der Waals surface area contributed by atoms with Crippen LogP contribution in [0.3, 0.4) is 0 Å². The van der Waals surface area contributed by atoms with Crippen molar-refractivity contribution in [2.24, 2.45) is 11.1 Å². The molecule has 4 N–H and O–H groups in total. The molecular weight excluding hydrogens is 552 g/mol. The Bertz CT molecular complexity index is 1430. The molecule has 0 amide bonds. The van der Waals surface area contributed by atoms with Gasteiger partial charge in [0.25, 0.3) is 0 Å². The second-order valence-electron chi connectivity index (χ2n) is 9.52. The SMILES string of the molecule is NS(=O)(=O)OC[C@H]1C[C@@H](Nc2ncncc2C(=O)c2cc([C@]3(c4cccc(Cl)c4)CCCO3)cs2)C[C@@H]1O. The van der Waals surface area contributed by atoms with Crippen molar-refractivity contribution in [3.05, 3.63) is 74.8 Å². The van der Waals surface area contributed by atoms with Gasteiger partial charge in [0.1, 0.15) is 17.7 Å². The van der Waals surface area contributed by atoms with Gasteiger partial charge in [-0.2, -0.15) is 8.42 Å². The second kappa shape index (κ2) is 11.0. The molecule has 1 aliphatic carbocycles. The van der Waals surface area contributed by atoms with Crippen LogP contribution in [0.25, 0.3) is 0 Å². The third-order valence-corrected chi connectivity index (χ3v) is 8.63. The summed E-state index contributed by atoms with van der Waals surface area (Å²) in [7, 11) is -4.10. The normalized spacial score (nSPS) is 25.5. The minimum Gasteiger partial charge on any atom is -0.393 e. The van der Waals surface area contributed by atoms with Crippen LogP contribution in [0.2, 0.25) is 5.02 Å². The van der Waals surface area contributed by atoms with Gasteiger partial charge < -0.3 is 15.2 Å². The number of aliphatic hydroxyl groups is 1. The minimum absolute atomic E-state index is 0.220. The monoisotopic (exact) mass is 578 g/mol. The number of ketones is 1. The molecule has 5 rings (SSSR count). The number of carbonyl (C=O) groups excluding carboxylic acids is 1. The molecule has 4 atom stereocenters. The maximum atomic E-state index is 13.6. The van der Waals surface area contributed by atoms with Gasteiger partial charge in [-0.05, 0) is 60.4 Å². The van der Waals surface area contributed by atoms with Crippen LogP contribution < -0.4 is 10.5 Å². The molecule has 3 aromatic rings. The highest BCUT2D eigenvalue weighted by Crippen LogP contribution is 2.44. The summed E-state index contributed by atoms with van der Waals surface area (Å²) < 4.78 is 33.1. The van der Waals surface area contributed by atoms with Crippen molar-refractivity contribution in [3.8, 4) is 0 Å². The summed E-state index contributed by atoms with van der Waals surface area (Å²) in [4.78, 5) is 22.4. The average Bonchev–Trinajstić information content (AvgIpc) is 3.63. The summed E-state index contributed by atoms with van der Waals surface area (Å²) in [6, 6.07) is 9.20. The molecule has 1 aliphatic heterocycles. The van der Waals surface area contributed by atoms with Crippen molar-refractivity contribution >= 4 is 44.8 Å². The largest absolute Gasteiger partial charge is 0.393 e. The molecule has 0 spiro atoms. The van der Waals surface area contributed by atoms with Crippen LogP contribution in [-0.2, 0) is 24.8 Å². The number of hydrogen-bond acceptors (Lipinski definition) is 10. The van der Waals surface area contributed by atoms with E-state index in [1.807, 2.05) is 35.7 Å². The molecule has 1 saturated heterocycles. The summed E-state index contributed by atoms with van der Waals surface area (Å²) in [5, 5.41) is 21.0. The van der Waals surface area contributed by atoms with E-state index in [4.69, 9.17) is 21.5 Å². The van der Waals surface area contributed by atoms with Crippen molar-refractivity contribution < 1.29 is 27.2 Å². The lowest BCUT2D eigenvalue weighted by atomic mass is 9.85. The number of aliphatic hydroxyl groups excluding tert-OH is 1. The van der Waals surface area contributed by atoms with Gasteiger partial charge in [0, 0.05) is 29.8 Å². The van der Waals surface area contributed by atoms with Gasteiger partial charge in [-0.15, -0.1) is 11.3 Å². The van der Waals surface area contributed by atoms with E-state index in [2.05, 4.69) is 19.5 Å².